The number of aromatic nitrogens is 5. The normalized spacial score (nSPS) is 17.9. The van der Waals surface area contributed by atoms with E-state index in [1.807, 2.05) is 6.92 Å². The highest BCUT2D eigenvalue weighted by Crippen LogP contribution is 2.28. The van der Waals surface area contributed by atoms with Crippen molar-refractivity contribution in [1.29, 1.82) is 0 Å². The number of halogens is 1. The molecule has 0 N–H and O–H groups in total. The molecule has 1 fully saturated rings. The molecule has 1 aliphatic rings. The van der Waals surface area contributed by atoms with Crippen molar-refractivity contribution in [2.24, 2.45) is 0 Å². The third-order valence-corrected chi connectivity index (χ3v) is 5.43. The minimum Gasteiger partial charge on any atom is -0.383 e. The predicted octanol–water partition coefficient (Wildman–Crippen LogP) is 2.55. The molecular formula is C20H20FN5O4. The molecule has 5 rings (SSSR count). The summed E-state index contributed by atoms with van der Waals surface area (Å²) in [5, 5.41) is 4.05. The van der Waals surface area contributed by atoms with Gasteiger partial charge in [-0.1, -0.05) is 5.16 Å². The fourth-order valence-corrected chi connectivity index (χ4v) is 4.00. The van der Waals surface area contributed by atoms with E-state index in [4.69, 9.17) is 14.0 Å². The maximum atomic E-state index is 14.0. The van der Waals surface area contributed by atoms with E-state index >= 15 is 0 Å². The molecule has 0 aliphatic carbocycles. The Hall–Kier alpha value is -3.11. The number of hydrogen-bond donors (Lipinski definition) is 0. The van der Waals surface area contributed by atoms with Crippen molar-refractivity contribution in [3.63, 3.8) is 0 Å². The van der Waals surface area contributed by atoms with E-state index in [2.05, 4.69) is 15.1 Å². The van der Waals surface area contributed by atoms with Crippen molar-refractivity contribution in [2.45, 2.75) is 25.3 Å². The van der Waals surface area contributed by atoms with Crippen LogP contribution < -0.4 is 5.56 Å². The van der Waals surface area contributed by atoms with Crippen LogP contribution in [0.3, 0.4) is 0 Å². The Bertz CT molecular complexity index is 1290. The van der Waals surface area contributed by atoms with Gasteiger partial charge in [-0.2, -0.15) is 4.98 Å². The van der Waals surface area contributed by atoms with Crippen LogP contribution in [0.1, 0.15) is 31.2 Å². The molecule has 3 aromatic heterocycles. The number of nitrogens with zero attached hydrogens (tertiary/aromatic N) is 5. The van der Waals surface area contributed by atoms with Gasteiger partial charge in [0.2, 0.25) is 11.7 Å². The number of rotatable bonds is 5. The molecule has 0 bridgehead atoms. The summed E-state index contributed by atoms with van der Waals surface area (Å²) in [6, 6.07) is 3.99. The largest absolute Gasteiger partial charge is 0.383 e. The fourth-order valence-electron chi connectivity index (χ4n) is 4.00. The van der Waals surface area contributed by atoms with Crippen molar-refractivity contribution in [3.05, 3.63) is 46.6 Å². The molecule has 1 aromatic carbocycles. The minimum atomic E-state index is -0.429. The maximum absolute atomic E-state index is 14.0. The van der Waals surface area contributed by atoms with Gasteiger partial charge in [0.25, 0.3) is 5.56 Å². The van der Waals surface area contributed by atoms with E-state index in [9.17, 15) is 9.18 Å². The van der Waals surface area contributed by atoms with Gasteiger partial charge in [-0.3, -0.25) is 13.8 Å². The molecule has 2 unspecified atom stereocenters. The van der Waals surface area contributed by atoms with Gasteiger partial charge in [0.1, 0.15) is 23.4 Å². The molecule has 0 radical (unpaired) electrons. The first kappa shape index (κ1) is 18.9. The minimum absolute atomic E-state index is 0.0438. The molecule has 156 valence electrons. The summed E-state index contributed by atoms with van der Waals surface area (Å²) in [4.78, 5) is 22.4. The van der Waals surface area contributed by atoms with Crippen LogP contribution in [-0.4, -0.2) is 51.0 Å². The lowest BCUT2D eigenvalue weighted by molar-refractivity contribution is 0.162. The Morgan fingerprint density at radius 1 is 1.37 bits per heavy atom. The number of ether oxygens (including phenoxy) is 2. The molecule has 4 heterocycles. The van der Waals surface area contributed by atoms with Crippen LogP contribution in [0.25, 0.3) is 28.1 Å². The Balaban J connectivity index is 1.75. The molecule has 0 spiro atoms. The third-order valence-electron chi connectivity index (χ3n) is 5.43. The quantitative estimate of drug-likeness (QED) is 0.496. The van der Waals surface area contributed by atoms with E-state index in [1.165, 1.54) is 23.0 Å². The van der Waals surface area contributed by atoms with Crippen molar-refractivity contribution < 1.29 is 18.4 Å². The summed E-state index contributed by atoms with van der Waals surface area (Å²) in [7, 11) is 1.56. The van der Waals surface area contributed by atoms with E-state index in [1.54, 1.807) is 17.6 Å². The number of imidazole rings is 1. The molecule has 0 amide bonds. The van der Waals surface area contributed by atoms with Crippen LogP contribution in [0.4, 0.5) is 4.39 Å². The van der Waals surface area contributed by atoms with Crippen molar-refractivity contribution in [2.75, 3.05) is 26.9 Å². The molecule has 9 nitrogen and oxygen atoms in total. The van der Waals surface area contributed by atoms with Gasteiger partial charge in [0.05, 0.1) is 36.2 Å². The van der Waals surface area contributed by atoms with Crippen LogP contribution in [0.5, 0.6) is 0 Å². The Morgan fingerprint density at radius 3 is 3.00 bits per heavy atom. The number of benzene rings is 1. The van der Waals surface area contributed by atoms with Gasteiger partial charge >= 0.3 is 0 Å². The molecular weight excluding hydrogens is 393 g/mol. The summed E-state index contributed by atoms with van der Waals surface area (Å²) in [6.45, 7) is 3.32. The van der Waals surface area contributed by atoms with Crippen molar-refractivity contribution in [3.8, 4) is 11.5 Å². The van der Waals surface area contributed by atoms with Gasteiger partial charge in [0, 0.05) is 13.7 Å². The maximum Gasteiger partial charge on any atom is 0.278 e. The zero-order valence-corrected chi connectivity index (χ0v) is 16.5. The summed E-state index contributed by atoms with van der Waals surface area (Å²) in [5.74, 6) is 0.326. The molecule has 10 heteroatoms. The van der Waals surface area contributed by atoms with Crippen LogP contribution in [0.15, 0.2) is 33.8 Å². The summed E-state index contributed by atoms with van der Waals surface area (Å²) < 4.78 is 33.2. The van der Waals surface area contributed by atoms with Gasteiger partial charge in [-0.05, 0) is 31.5 Å². The molecule has 2 atom stereocenters. The van der Waals surface area contributed by atoms with Crippen molar-refractivity contribution >= 4 is 16.6 Å². The Morgan fingerprint density at radius 2 is 2.23 bits per heavy atom. The first-order chi connectivity index (χ1) is 14.6. The lowest BCUT2D eigenvalue weighted by atomic mass is 10.1. The third kappa shape index (κ3) is 2.91. The smallest absolute Gasteiger partial charge is 0.278 e. The average Bonchev–Trinajstić information content (AvgIpc) is 3.47. The lowest BCUT2D eigenvalue weighted by Crippen LogP contribution is -2.28. The average molecular weight is 413 g/mol. The molecule has 1 aliphatic heterocycles. The van der Waals surface area contributed by atoms with Crippen LogP contribution in [0.2, 0.25) is 0 Å². The monoisotopic (exact) mass is 413 g/mol. The Kier molecular flexibility index (Phi) is 4.59. The number of hydrogen-bond acceptors (Lipinski definition) is 7. The highest BCUT2D eigenvalue weighted by atomic mass is 19.1. The number of methoxy groups -OCH3 is 1. The summed E-state index contributed by atoms with van der Waals surface area (Å²) in [5.41, 5.74) is 1.38. The zero-order valence-electron chi connectivity index (χ0n) is 16.5. The second kappa shape index (κ2) is 7.29. The topological polar surface area (TPSA) is 96.7 Å². The zero-order chi connectivity index (χ0) is 20.8. The molecule has 30 heavy (non-hydrogen) atoms. The second-order valence-corrected chi connectivity index (χ2v) is 7.44. The highest BCUT2D eigenvalue weighted by molar-refractivity contribution is 5.83. The molecule has 1 saturated heterocycles. The van der Waals surface area contributed by atoms with Gasteiger partial charge in [-0.25, -0.2) is 9.37 Å². The van der Waals surface area contributed by atoms with Gasteiger partial charge in [0.15, 0.2) is 0 Å². The second-order valence-electron chi connectivity index (χ2n) is 7.44. The SMILES string of the molecule is COCC(C)n1c(=O)c2c(-c3noc(C4CCOC4)n3)ncn2c2ccc(F)cc21. The highest BCUT2D eigenvalue weighted by Gasteiger charge is 2.27. The lowest BCUT2D eigenvalue weighted by Gasteiger charge is -2.18. The van der Waals surface area contributed by atoms with E-state index in [0.717, 1.165) is 6.42 Å². The fraction of sp³-hybridized carbons (Fsp3) is 0.400. The molecule has 4 aromatic rings. The van der Waals surface area contributed by atoms with Crippen LogP contribution in [-0.2, 0) is 9.47 Å². The first-order valence-electron chi connectivity index (χ1n) is 9.70. The van der Waals surface area contributed by atoms with Crippen LogP contribution >= 0.6 is 0 Å². The predicted molar refractivity (Wildman–Crippen MR) is 105 cm³/mol. The summed E-state index contributed by atoms with van der Waals surface area (Å²) in [6.07, 6.45) is 2.33. The Labute approximate surface area is 170 Å². The van der Waals surface area contributed by atoms with E-state index in [-0.39, 0.29) is 23.3 Å². The van der Waals surface area contributed by atoms with E-state index in [0.29, 0.717) is 48.0 Å². The first-order valence-corrected chi connectivity index (χ1v) is 9.70. The molecule has 0 saturated carbocycles. The van der Waals surface area contributed by atoms with Gasteiger partial charge in [-0.15, -0.1) is 0 Å². The summed E-state index contributed by atoms with van der Waals surface area (Å²) >= 11 is 0. The van der Waals surface area contributed by atoms with Crippen molar-refractivity contribution in [1.82, 2.24) is 24.1 Å². The van der Waals surface area contributed by atoms with E-state index < -0.39 is 5.82 Å². The number of fused-ring (bicyclic) bond motifs is 3. The standard InChI is InChI=1S/C20H20FN5O4/c1-11(8-28-2)26-15-7-13(21)3-4-14(15)25-10-22-16(17(25)20(26)27)18-23-19(30-24-18)12-5-6-29-9-12/h3-4,7,10-12H,5-6,8-9H2,1-2H3. The van der Waals surface area contributed by atoms with Gasteiger partial charge < -0.3 is 14.0 Å². The van der Waals surface area contributed by atoms with Crippen LogP contribution in [0, 0.1) is 5.82 Å².